The van der Waals surface area contributed by atoms with Crippen LogP contribution >= 0.6 is 0 Å². The van der Waals surface area contributed by atoms with Crippen LogP contribution in [0.15, 0.2) is 53.4 Å². The van der Waals surface area contributed by atoms with Crippen molar-refractivity contribution in [3.8, 4) is 0 Å². The molecule has 1 unspecified atom stereocenters. The van der Waals surface area contributed by atoms with Crippen LogP contribution in [0.5, 0.6) is 0 Å². The third-order valence-corrected chi connectivity index (χ3v) is 4.85. The number of amides is 1. The summed E-state index contributed by atoms with van der Waals surface area (Å²) >= 11 is 0. The van der Waals surface area contributed by atoms with Gasteiger partial charge in [0, 0.05) is 13.0 Å². The van der Waals surface area contributed by atoms with E-state index in [0.717, 1.165) is 11.1 Å². The van der Waals surface area contributed by atoms with E-state index in [1.807, 2.05) is 6.92 Å². The molecule has 0 heterocycles. The minimum Gasteiger partial charge on any atom is -0.356 e. The molecule has 0 aliphatic rings. The van der Waals surface area contributed by atoms with Crippen molar-refractivity contribution in [2.45, 2.75) is 30.6 Å². The second kappa shape index (κ2) is 8.22. The van der Waals surface area contributed by atoms with Gasteiger partial charge in [-0.3, -0.25) is 4.79 Å². The van der Waals surface area contributed by atoms with Crippen molar-refractivity contribution in [3.63, 3.8) is 0 Å². The van der Waals surface area contributed by atoms with E-state index in [0.29, 0.717) is 19.4 Å². The number of hydrogen-bond acceptors (Lipinski definition) is 3. The van der Waals surface area contributed by atoms with Gasteiger partial charge in [-0.1, -0.05) is 31.2 Å². The molecule has 2 aromatic carbocycles. The molecule has 0 fully saturated rings. The standard InChI is InChI=1S/C18H21FN2O3S/c1-13(15-4-6-16(19)7-5-15)12-18(22)21-11-10-14-2-8-17(9-3-14)25(20,23)24/h2-9,13H,10-12H2,1H3,(H,21,22)(H2,20,23,24). The Hall–Kier alpha value is -2.25. The molecular weight excluding hydrogens is 343 g/mol. The Morgan fingerprint density at radius 3 is 2.28 bits per heavy atom. The lowest BCUT2D eigenvalue weighted by Gasteiger charge is -2.12. The molecule has 0 bridgehead atoms. The molecule has 134 valence electrons. The molecule has 0 aromatic heterocycles. The fourth-order valence-corrected chi connectivity index (χ4v) is 2.97. The van der Waals surface area contributed by atoms with Crippen LogP contribution in [0.4, 0.5) is 4.39 Å². The van der Waals surface area contributed by atoms with Gasteiger partial charge in [-0.05, 0) is 47.7 Å². The van der Waals surface area contributed by atoms with Gasteiger partial charge in [-0.25, -0.2) is 17.9 Å². The maximum absolute atomic E-state index is 12.9. The number of rotatable bonds is 7. The average Bonchev–Trinajstić information content (AvgIpc) is 2.55. The zero-order valence-electron chi connectivity index (χ0n) is 13.9. The highest BCUT2D eigenvalue weighted by molar-refractivity contribution is 7.89. The predicted octanol–water partition coefficient (Wildman–Crippen LogP) is 2.33. The summed E-state index contributed by atoms with van der Waals surface area (Å²) in [4.78, 5) is 12.1. The first kappa shape index (κ1) is 19.1. The van der Waals surface area contributed by atoms with Gasteiger partial charge in [0.15, 0.2) is 0 Å². The summed E-state index contributed by atoms with van der Waals surface area (Å²) < 4.78 is 35.3. The number of primary sulfonamides is 1. The van der Waals surface area contributed by atoms with Gasteiger partial charge in [0.1, 0.15) is 5.82 Å². The van der Waals surface area contributed by atoms with Gasteiger partial charge < -0.3 is 5.32 Å². The van der Waals surface area contributed by atoms with Crippen LogP contribution in [0.25, 0.3) is 0 Å². The summed E-state index contributed by atoms with van der Waals surface area (Å²) in [5.74, 6) is -0.388. The largest absolute Gasteiger partial charge is 0.356 e. The SMILES string of the molecule is CC(CC(=O)NCCc1ccc(S(N)(=O)=O)cc1)c1ccc(F)cc1. The Kier molecular flexibility index (Phi) is 6.27. The molecule has 0 aliphatic heterocycles. The van der Waals surface area contributed by atoms with E-state index in [9.17, 15) is 17.6 Å². The fraction of sp³-hybridized carbons (Fsp3) is 0.278. The molecule has 3 N–H and O–H groups in total. The molecule has 0 saturated carbocycles. The van der Waals surface area contributed by atoms with E-state index in [1.165, 1.54) is 24.3 Å². The Morgan fingerprint density at radius 1 is 1.12 bits per heavy atom. The van der Waals surface area contributed by atoms with Crippen molar-refractivity contribution >= 4 is 15.9 Å². The topological polar surface area (TPSA) is 89.3 Å². The average molecular weight is 364 g/mol. The van der Waals surface area contributed by atoms with Crippen LogP contribution < -0.4 is 10.5 Å². The quantitative estimate of drug-likeness (QED) is 0.790. The van der Waals surface area contributed by atoms with E-state index in [1.54, 1.807) is 24.3 Å². The van der Waals surface area contributed by atoms with E-state index < -0.39 is 10.0 Å². The third-order valence-electron chi connectivity index (χ3n) is 3.92. The zero-order valence-corrected chi connectivity index (χ0v) is 14.7. The molecule has 1 amide bonds. The lowest BCUT2D eigenvalue weighted by atomic mass is 9.97. The predicted molar refractivity (Wildman–Crippen MR) is 94.0 cm³/mol. The van der Waals surface area contributed by atoms with Crippen LogP contribution in [-0.4, -0.2) is 20.9 Å². The number of nitrogens with one attached hydrogen (secondary N) is 1. The molecule has 0 radical (unpaired) electrons. The number of carbonyl (C=O) groups excluding carboxylic acids is 1. The summed E-state index contributed by atoms with van der Waals surface area (Å²) in [5, 5.41) is 7.88. The van der Waals surface area contributed by atoms with Crippen molar-refractivity contribution in [2.75, 3.05) is 6.54 Å². The number of nitrogens with two attached hydrogens (primary N) is 1. The van der Waals surface area contributed by atoms with Crippen molar-refractivity contribution in [2.24, 2.45) is 5.14 Å². The summed E-state index contributed by atoms with van der Waals surface area (Å²) in [5.41, 5.74) is 1.81. The molecule has 1 atom stereocenters. The van der Waals surface area contributed by atoms with Crippen LogP contribution in [0.1, 0.15) is 30.4 Å². The number of halogens is 1. The highest BCUT2D eigenvalue weighted by Crippen LogP contribution is 2.19. The van der Waals surface area contributed by atoms with E-state index in [4.69, 9.17) is 5.14 Å². The van der Waals surface area contributed by atoms with Crippen LogP contribution in [0.2, 0.25) is 0 Å². The molecule has 0 spiro atoms. The van der Waals surface area contributed by atoms with Gasteiger partial charge in [0.25, 0.3) is 0 Å². The van der Waals surface area contributed by atoms with E-state index >= 15 is 0 Å². The molecule has 25 heavy (non-hydrogen) atoms. The second-order valence-electron chi connectivity index (χ2n) is 5.95. The van der Waals surface area contributed by atoms with E-state index in [-0.39, 0.29) is 22.5 Å². The monoisotopic (exact) mass is 364 g/mol. The molecule has 0 aliphatic carbocycles. The second-order valence-corrected chi connectivity index (χ2v) is 7.51. The highest BCUT2D eigenvalue weighted by atomic mass is 32.2. The van der Waals surface area contributed by atoms with Crippen LogP contribution in [0.3, 0.4) is 0 Å². The van der Waals surface area contributed by atoms with Crippen LogP contribution in [0, 0.1) is 5.82 Å². The normalized spacial score (nSPS) is 12.6. The molecule has 7 heteroatoms. The Morgan fingerprint density at radius 2 is 1.72 bits per heavy atom. The third kappa shape index (κ3) is 5.95. The van der Waals surface area contributed by atoms with Crippen LogP contribution in [-0.2, 0) is 21.2 Å². The Labute approximate surface area is 147 Å². The summed E-state index contributed by atoms with van der Waals surface area (Å²) in [6.45, 7) is 2.36. The lowest BCUT2D eigenvalue weighted by molar-refractivity contribution is -0.121. The van der Waals surface area contributed by atoms with Crippen molar-refractivity contribution in [3.05, 3.63) is 65.5 Å². The van der Waals surface area contributed by atoms with Gasteiger partial charge in [-0.2, -0.15) is 0 Å². The molecule has 2 aromatic rings. The maximum Gasteiger partial charge on any atom is 0.238 e. The van der Waals surface area contributed by atoms with Crippen molar-refractivity contribution in [1.82, 2.24) is 5.32 Å². The van der Waals surface area contributed by atoms with Gasteiger partial charge >= 0.3 is 0 Å². The maximum atomic E-state index is 12.9. The smallest absolute Gasteiger partial charge is 0.238 e. The minimum atomic E-state index is -3.69. The Balaban J connectivity index is 1.79. The molecular formula is C18H21FN2O3S. The Bertz CT molecular complexity index is 818. The van der Waals surface area contributed by atoms with Crippen molar-refractivity contribution < 1.29 is 17.6 Å². The molecule has 0 saturated heterocycles. The molecule has 2 rings (SSSR count). The number of sulfonamides is 1. The van der Waals surface area contributed by atoms with E-state index in [2.05, 4.69) is 5.32 Å². The highest BCUT2D eigenvalue weighted by Gasteiger charge is 2.11. The van der Waals surface area contributed by atoms with Gasteiger partial charge in [0.2, 0.25) is 15.9 Å². The summed E-state index contributed by atoms with van der Waals surface area (Å²) in [7, 11) is -3.69. The molecule has 5 nitrogen and oxygen atoms in total. The fourth-order valence-electron chi connectivity index (χ4n) is 2.45. The van der Waals surface area contributed by atoms with Gasteiger partial charge in [0.05, 0.1) is 4.90 Å². The number of hydrogen-bond donors (Lipinski definition) is 2. The first-order chi connectivity index (χ1) is 11.8. The minimum absolute atomic E-state index is 0.00496. The summed E-state index contributed by atoms with van der Waals surface area (Å²) in [6, 6.07) is 12.4. The van der Waals surface area contributed by atoms with Crippen molar-refractivity contribution in [1.29, 1.82) is 0 Å². The van der Waals surface area contributed by atoms with Gasteiger partial charge in [-0.15, -0.1) is 0 Å². The first-order valence-corrected chi connectivity index (χ1v) is 9.44. The first-order valence-electron chi connectivity index (χ1n) is 7.89. The number of carbonyl (C=O) groups is 1. The summed E-state index contributed by atoms with van der Waals surface area (Å²) in [6.07, 6.45) is 0.900. The number of benzene rings is 2. The zero-order chi connectivity index (χ0) is 18.4. The lowest BCUT2D eigenvalue weighted by Crippen LogP contribution is -2.26.